The molecule has 0 radical (unpaired) electrons. The van der Waals surface area contributed by atoms with Crippen molar-refractivity contribution in [3.63, 3.8) is 0 Å². The van der Waals surface area contributed by atoms with Crippen molar-refractivity contribution in [1.29, 1.82) is 0 Å². The van der Waals surface area contributed by atoms with Gasteiger partial charge in [0.05, 0.1) is 13.2 Å². The molecule has 0 aromatic carbocycles. The Morgan fingerprint density at radius 3 is 1.06 bits per heavy atom. The van der Waals surface area contributed by atoms with Crippen molar-refractivity contribution in [1.82, 2.24) is 0 Å². The van der Waals surface area contributed by atoms with Crippen LogP contribution in [0, 0.1) is 0 Å². The van der Waals surface area contributed by atoms with Crippen LogP contribution in [0.2, 0.25) is 0 Å². The van der Waals surface area contributed by atoms with Gasteiger partial charge in [0.2, 0.25) is 11.6 Å². The van der Waals surface area contributed by atoms with Crippen molar-refractivity contribution in [3.8, 4) is 0 Å². The third kappa shape index (κ3) is 8.23. The van der Waals surface area contributed by atoms with Gasteiger partial charge in [0.25, 0.3) is 0 Å². The topological polar surface area (TPSA) is 357 Å². The number of ether oxygens (including phenoxy) is 6. The zero-order valence-electron chi connectivity index (χ0n) is 24.0. The number of aliphatic hydroxyl groups excluding tert-OH is 14. The fraction of sp³-hybridized carbons (Fsp3) is 1.00. The van der Waals surface area contributed by atoms with Gasteiger partial charge in [0, 0.05) is 0 Å². The third-order valence-corrected chi connectivity index (χ3v) is 8.33. The second-order valence-electron chi connectivity index (χ2n) is 11.3. The molecule has 47 heavy (non-hydrogen) atoms. The van der Waals surface area contributed by atoms with E-state index in [0.29, 0.717) is 0 Å². The summed E-state index contributed by atoms with van der Waals surface area (Å²) in [5.41, 5.74) is 0. The Morgan fingerprint density at radius 2 is 0.787 bits per heavy atom. The van der Waals surface area contributed by atoms with Crippen molar-refractivity contribution < 1.29 is 110 Å². The fourth-order valence-electron chi connectivity index (χ4n) is 5.47. The van der Waals surface area contributed by atoms with Gasteiger partial charge in [-0.2, -0.15) is 0 Å². The summed E-state index contributed by atoms with van der Waals surface area (Å²) in [4.78, 5) is 9.95. The Labute approximate surface area is 295 Å². The monoisotopic (exact) mass is 724 g/mol. The molecular weight excluding hydrogens is 680 g/mol. The van der Waals surface area contributed by atoms with Gasteiger partial charge in [-0.15, -0.1) is 0 Å². The number of hydrogen-bond acceptors (Lipinski definition) is 22. The molecule has 4 fully saturated rings. The Balaban J connectivity index is 0.00000600. The minimum atomic E-state index is -2.41. The van der Waals surface area contributed by atoms with E-state index >= 15 is 0 Å². The first-order valence-corrected chi connectivity index (χ1v) is 14.2. The maximum atomic E-state index is 10.4. The maximum absolute atomic E-state index is 10.4. The molecular formula is C24H44CaO22. The van der Waals surface area contributed by atoms with E-state index in [4.69, 9.17) is 38.2 Å². The summed E-state index contributed by atoms with van der Waals surface area (Å²) in [6, 6.07) is 0. The van der Waals surface area contributed by atoms with Crippen LogP contribution >= 0.6 is 0 Å². The molecule has 0 aliphatic carbocycles. The molecule has 0 saturated carbocycles. The molecule has 0 unspecified atom stereocenters. The molecule has 14 N–H and O–H groups in total. The molecule has 18 atom stereocenters. The zero-order valence-corrected chi connectivity index (χ0v) is 24.0. The average molecular weight is 725 g/mol. The van der Waals surface area contributed by atoms with Crippen LogP contribution in [0.15, 0.2) is 0 Å². The van der Waals surface area contributed by atoms with Crippen LogP contribution in [0.4, 0.5) is 0 Å². The van der Waals surface area contributed by atoms with Crippen molar-refractivity contribution in [2.45, 2.75) is 110 Å². The predicted molar refractivity (Wildman–Crippen MR) is 144 cm³/mol. The Bertz CT molecular complexity index is 898. The number of hydrogen-bond donors (Lipinski definition) is 14. The molecule has 0 aromatic heterocycles. The van der Waals surface area contributed by atoms with Gasteiger partial charge >= 0.3 is 37.7 Å². The standard InChI is InChI=1S/C24H42O22.Ca.2H/c25-1-7-13(31)19(37)23(5-27,43-7)45-21-17(35)15(33)11(29)9(41-21)3-39-40-4-10-12(30)16(34)18(36)22(42-10)46-24(6-28)20(38)14(32)8(2-26)44-24;;;/h7-22,25-38H,1-6H2;;;/t7-,8-,9-,10-,11-,12-,13-,14-,15+,16+,17-,18-,19+,20+,21-,22-,23+,24+;;;/m1.../s1. The first-order valence-electron chi connectivity index (χ1n) is 14.2. The molecule has 4 heterocycles. The van der Waals surface area contributed by atoms with Gasteiger partial charge < -0.3 is 99.9 Å². The molecule has 4 aliphatic rings. The first-order chi connectivity index (χ1) is 21.7. The van der Waals surface area contributed by atoms with Gasteiger partial charge in [0.1, 0.15) is 112 Å². The van der Waals surface area contributed by atoms with Gasteiger partial charge in [-0.05, 0) is 0 Å². The van der Waals surface area contributed by atoms with Crippen LogP contribution < -0.4 is 0 Å². The van der Waals surface area contributed by atoms with E-state index in [-0.39, 0.29) is 37.7 Å². The van der Waals surface area contributed by atoms with Crippen LogP contribution in [-0.4, -0.2) is 258 Å². The number of aliphatic hydroxyl groups is 14. The summed E-state index contributed by atoms with van der Waals surface area (Å²) in [7, 11) is 0. The van der Waals surface area contributed by atoms with Crippen LogP contribution in [0.3, 0.4) is 0 Å². The second-order valence-corrected chi connectivity index (χ2v) is 11.3. The fourth-order valence-corrected chi connectivity index (χ4v) is 5.47. The van der Waals surface area contributed by atoms with E-state index in [2.05, 4.69) is 0 Å². The third-order valence-electron chi connectivity index (χ3n) is 8.33. The normalized spacial score (nSPS) is 50.4. The predicted octanol–water partition coefficient (Wildman–Crippen LogP) is -10.7. The van der Waals surface area contributed by atoms with Crippen LogP contribution in [0.1, 0.15) is 0 Å². The molecule has 4 aliphatic heterocycles. The van der Waals surface area contributed by atoms with E-state index in [1.54, 1.807) is 0 Å². The van der Waals surface area contributed by atoms with Gasteiger partial charge in [0.15, 0.2) is 12.6 Å². The summed E-state index contributed by atoms with van der Waals surface area (Å²) in [6.07, 6.45) is -28.5. The van der Waals surface area contributed by atoms with Crippen molar-refractivity contribution in [2.24, 2.45) is 0 Å². The van der Waals surface area contributed by atoms with Gasteiger partial charge in [-0.25, -0.2) is 9.78 Å². The van der Waals surface area contributed by atoms with E-state index < -0.39 is 149 Å². The number of rotatable bonds is 13. The second kappa shape index (κ2) is 17.3. The SMILES string of the molecule is OC[C@H]1O[C@@](CO)(O[C@H]2O[C@H](COOC[C@H]3O[C@H](O[C@]4(CO)O[C@H](CO)[C@@H](O)[C@@H]4O)[C@H](O)[C@@H](O)[C@@H]3O)[C@@H](O)[C@H](O)[C@H]2O)[C@@H](O)[C@@H]1O.[CaH2]. The van der Waals surface area contributed by atoms with Crippen LogP contribution in [-0.2, 0) is 38.2 Å². The van der Waals surface area contributed by atoms with Crippen LogP contribution in [0.25, 0.3) is 0 Å². The molecule has 4 rings (SSSR count). The summed E-state index contributed by atoms with van der Waals surface area (Å²) in [5.74, 6) is -4.82. The Hall–Kier alpha value is 0.380. The van der Waals surface area contributed by atoms with Crippen LogP contribution in [0.5, 0.6) is 0 Å². The molecule has 0 bridgehead atoms. The molecule has 4 saturated heterocycles. The molecule has 0 aromatic rings. The quantitative estimate of drug-likeness (QED) is 0.0363. The molecule has 0 spiro atoms. The summed E-state index contributed by atoms with van der Waals surface area (Å²) in [5, 5.41) is 141. The van der Waals surface area contributed by atoms with E-state index in [1.807, 2.05) is 0 Å². The van der Waals surface area contributed by atoms with E-state index in [0.717, 1.165) is 0 Å². The van der Waals surface area contributed by atoms with Crippen molar-refractivity contribution in [2.75, 3.05) is 39.6 Å². The summed E-state index contributed by atoms with van der Waals surface area (Å²) >= 11 is 0. The average Bonchev–Trinajstić information content (AvgIpc) is 3.44. The van der Waals surface area contributed by atoms with Crippen molar-refractivity contribution in [3.05, 3.63) is 0 Å². The molecule has 23 heteroatoms. The summed E-state index contributed by atoms with van der Waals surface area (Å²) in [6.45, 7) is -5.19. The first kappa shape index (κ1) is 41.8. The Kier molecular flexibility index (Phi) is 15.4. The zero-order chi connectivity index (χ0) is 34.1. The summed E-state index contributed by atoms with van der Waals surface area (Å²) < 4.78 is 32.1. The van der Waals surface area contributed by atoms with E-state index in [9.17, 15) is 71.5 Å². The van der Waals surface area contributed by atoms with Gasteiger partial charge in [-0.3, -0.25) is 0 Å². The minimum absolute atomic E-state index is 0. The van der Waals surface area contributed by atoms with Crippen molar-refractivity contribution >= 4 is 37.7 Å². The molecule has 274 valence electrons. The molecule has 22 nitrogen and oxygen atoms in total. The Morgan fingerprint density at radius 1 is 0.447 bits per heavy atom. The molecule has 0 amide bonds. The van der Waals surface area contributed by atoms with E-state index in [1.165, 1.54) is 0 Å². The van der Waals surface area contributed by atoms with Gasteiger partial charge in [-0.1, -0.05) is 0 Å².